The maximum atomic E-state index is 6.08. The maximum absolute atomic E-state index is 6.08. The molecule has 0 fully saturated rings. The van der Waals surface area contributed by atoms with Crippen molar-refractivity contribution in [2.45, 2.75) is 31.8 Å². The first-order valence-electron chi connectivity index (χ1n) is 5.67. The van der Waals surface area contributed by atoms with Crippen LogP contribution in [0.1, 0.15) is 35.9 Å². The SMILES string of the molecule is NC1CCCc2c1ccn2Cc1ccno1. The number of rotatable bonds is 2. The molecule has 2 N–H and O–H groups in total. The number of fused-ring (bicyclic) bond motifs is 1. The van der Waals surface area contributed by atoms with Gasteiger partial charge >= 0.3 is 0 Å². The monoisotopic (exact) mass is 217 g/mol. The van der Waals surface area contributed by atoms with Crippen LogP contribution in [0.4, 0.5) is 0 Å². The lowest BCUT2D eigenvalue weighted by Crippen LogP contribution is -2.18. The molecular formula is C12H15N3O. The van der Waals surface area contributed by atoms with E-state index in [-0.39, 0.29) is 6.04 Å². The molecule has 3 rings (SSSR count). The average molecular weight is 217 g/mol. The third-order valence-corrected chi connectivity index (χ3v) is 3.26. The standard InChI is InChI=1S/C12H15N3O/c13-11-2-1-3-12-10(11)5-7-15(12)8-9-4-6-14-16-9/h4-7,11H,1-3,8,13H2. The fourth-order valence-corrected chi connectivity index (χ4v) is 2.43. The summed E-state index contributed by atoms with van der Waals surface area (Å²) in [5.41, 5.74) is 8.74. The molecule has 16 heavy (non-hydrogen) atoms. The lowest BCUT2D eigenvalue weighted by molar-refractivity contribution is 0.374. The normalized spacial score (nSPS) is 19.7. The summed E-state index contributed by atoms with van der Waals surface area (Å²) in [4.78, 5) is 0. The van der Waals surface area contributed by atoms with Crippen molar-refractivity contribution in [2.24, 2.45) is 5.73 Å². The van der Waals surface area contributed by atoms with Crippen LogP contribution >= 0.6 is 0 Å². The zero-order valence-corrected chi connectivity index (χ0v) is 9.10. The summed E-state index contributed by atoms with van der Waals surface area (Å²) in [6.45, 7) is 0.752. The molecule has 4 nitrogen and oxygen atoms in total. The van der Waals surface area contributed by atoms with Crippen LogP contribution in [0.3, 0.4) is 0 Å². The van der Waals surface area contributed by atoms with Gasteiger partial charge in [0.1, 0.15) is 0 Å². The third-order valence-electron chi connectivity index (χ3n) is 3.26. The van der Waals surface area contributed by atoms with Crippen molar-refractivity contribution in [3.05, 3.63) is 41.5 Å². The highest BCUT2D eigenvalue weighted by molar-refractivity contribution is 5.28. The fraction of sp³-hybridized carbons (Fsp3) is 0.417. The van der Waals surface area contributed by atoms with Gasteiger partial charge in [0.05, 0.1) is 12.7 Å². The van der Waals surface area contributed by atoms with Gasteiger partial charge in [-0.15, -0.1) is 0 Å². The molecule has 2 aromatic heterocycles. The van der Waals surface area contributed by atoms with Gasteiger partial charge in [0.2, 0.25) is 0 Å². The lowest BCUT2D eigenvalue weighted by Gasteiger charge is -2.20. The minimum Gasteiger partial charge on any atom is -0.359 e. The van der Waals surface area contributed by atoms with Crippen molar-refractivity contribution >= 4 is 0 Å². The highest BCUT2D eigenvalue weighted by atomic mass is 16.5. The van der Waals surface area contributed by atoms with Crippen LogP contribution < -0.4 is 5.73 Å². The van der Waals surface area contributed by atoms with Crippen molar-refractivity contribution in [1.29, 1.82) is 0 Å². The van der Waals surface area contributed by atoms with Crippen molar-refractivity contribution in [3.63, 3.8) is 0 Å². The van der Waals surface area contributed by atoms with E-state index in [0.29, 0.717) is 0 Å². The summed E-state index contributed by atoms with van der Waals surface area (Å²) in [7, 11) is 0. The molecule has 0 aliphatic heterocycles. The summed E-state index contributed by atoms with van der Waals surface area (Å²) < 4.78 is 7.34. The molecule has 0 bridgehead atoms. The van der Waals surface area contributed by atoms with Gasteiger partial charge in [0.15, 0.2) is 5.76 Å². The topological polar surface area (TPSA) is 57.0 Å². The number of hydrogen-bond donors (Lipinski definition) is 1. The molecule has 0 saturated carbocycles. The van der Waals surface area contributed by atoms with Crippen LogP contribution in [-0.2, 0) is 13.0 Å². The molecule has 2 heterocycles. The van der Waals surface area contributed by atoms with E-state index in [2.05, 4.69) is 22.0 Å². The molecule has 1 aliphatic rings. The van der Waals surface area contributed by atoms with Crippen molar-refractivity contribution in [2.75, 3.05) is 0 Å². The van der Waals surface area contributed by atoms with E-state index in [4.69, 9.17) is 10.3 Å². The van der Waals surface area contributed by atoms with E-state index in [1.807, 2.05) is 6.07 Å². The molecule has 1 aliphatic carbocycles. The highest BCUT2D eigenvalue weighted by Gasteiger charge is 2.20. The predicted molar refractivity (Wildman–Crippen MR) is 59.9 cm³/mol. The van der Waals surface area contributed by atoms with Gasteiger partial charge in [-0.25, -0.2) is 0 Å². The first kappa shape index (κ1) is 9.66. The second-order valence-electron chi connectivity index (χ2n) is 4.32. The van der Waals surface area contributed by atoms with Crippen molar-refractivity contribution in [1.82, 2.24) is 9.72 Å². The van der Waals surface area contributed by atoms with E-state index < -0.39 is 0 Å². The van der Waals surface area contributed by atoms with Crippen LogP contribution in [0, 0.1) is 0 Å². The Hall–Kier alpha value is -1.55. The van der Waals surface area contributed by atoms with Gasteiger partial charge in [-0.05, 0) is 30.9 Å². The van der Waals surface area contributed by atoms with Gasteiger partial charge < -0.3 is 14.8 Å². The summed E-state index contributed by atoms with van der Waals surface area (Å²) in [6.07, 6.45) is 7.16. The first-order valence-corrected chi connectivity index (χ1v) is 5.67. The highest BCUT2D eigenvalue weighted by Crippen LogP contribution is 2.29. The minimum atomic E-state index is 0.208. The Balaban J connectivity index is 1.91. The number of hydrogen-bond acceptors (Lipinski definition) is 3. The number of nitrogens with zero attached hydrogens (tertiary/aromatic N) is 2. The molecule has 0 amide bonds. The average Bonchev–Trinajstić information content (AvgIpc) is 2.90. The molecule has 1 unspecified atom stereocenters. The van der Waals surface area contributed by atoms with E-state index in [1.54, 1.807) is 6.20 Å². The van der Waals surface area contributed by atoms with Crippen LogP contribution in [0.25, 0.3) is 0 Å². The zero-order valence-electron chi connectivity index (χ0n) is 9.10. The maximum Gasteiger partial charge on any atom is 0.156 e. The Kier molecular flexibility index (Phi) is 2.29. The van der Waals surface area contributed by atoms with E-state index in [1.165, 1.54) is 17.7 Å². The smallest absolute Gasteiger partial charge is 0.156 e. The second kappa shape index (κ2) is 3.79. The van der Waals surface area contributed by atoms with Gasteiger partial charge in [0.25, 0.3) is 0 Å². The molecule has 2 aromatic rings. The van der Waals surface area contributed by atoms with E-state index >= 15 is 0 Å². The number of aromatic nitrogens is 2. The zero-order chi connectivity index (χ0) is 11.0. The lowest BCUT2D eigenvalue weighted by atomic mass is 9.94. The van der Waals surface area contributed by atoms with Gasteiger partial charge in [-0.3, -0.25) is 0 Å². The summed E-state index contributed by atoms with van der Waals surface area (Å²) in [5.74, 6) is 0.887. The van der Waals surface area contributed by atoms with Crippen molar-refractivity contribution < 1.29 is 4.52 Å². The molecule has 0 spiro atoms. The Morgan fingerprint density at radius 2 is 2.44 bits per heavy atom. The fourth-order valence-electron chi connectivity index (χ4n) is 2.43. The predicted octanol–water partition coefficient (Wildman–Crippen LogP) is 1.86. The van der Waals surface area contributed by atoms with Crippen LogP contribution in [-0.4, -0.2) is 9.72 Å². The molecule has 4 heteroatoms. The first-order chi connectivity index (χ1) is 7.84. The number of nitrogens with two attached hydrogens (primary N) is 1. The minimum absolute atomic E-state index is 0.208. The molecule has 0 aromatic carbocycles. The largest absolute Gasteiger partial charge is 0.359 e. The molecule has 0 saturated heterocycles. The Morgan fingerprint density at radius 3 is 3.25 bits per heavy atom. The molecule has 1 atom stereocenters. The Labute approximate surface area is 94.0 Å². The molecule has 0 radical (unpaired) electrons. The Morgan fingerprint density at radius 1 is 1.50 bits per heavy atom. The van der Waals surface area contributed by atoms with E-state index in [9.17, 15) is 0 Å². The summed E-state index contributed by atoms with van der Waals surface area (Å²) in [5, 5.41) is 3.72. The molecule has 84 valence electrons. The quantitative estimate of drug-likeness (QED) is 0.835. The van der Waals surface area contributed by atoms with Gasteiger partial charge in [-0.2, -0.15) is 0 Å². The summed E-state index contributed by atoms with van der Waals surface area (Å²) in [6, 6.07) is 4.24. The summed E-state index contributed by atoms with van der Waals surface area (Å²) >= 11 is 0. The Bertz CT molecular complexity index is 472. The van der Waals surface area contributed by atoms with Gasteiger partial charge in [0, 0.05) is 24.0 Å². The van der Waals surface area contributed by atoms with E-state index in [0.717, 1.165) is 25.1 Å². The second-order valence-corrected chi connectivity index (χ2v) is 4.32. The van der Waals surface area contributed by atoms with Crippen LogP contribution in [0.2, 0.25) is 0 Å². The molecular weight excluding hydrogens is 202 g/mol. The van der Waals surface area contributed by atoms with Crippen LogP contribution in [0.15, 0.2) is 29.0 Å². The van der Waals surface area contributed by atoms with Crippen LogP contribution in [0.5, 0.6) is 0 Å². The van der Waals surface area contributed by atoms with Gasteiger partial charge in [-0.1, -0.05) is 5.16 Å². The van der Waals surface area contributed by atoms with Crippen molar-refractivity contribution in [3.8, 4) is 0 Å². The third kappa shape index (κ3) is 1.55.